The van der Waals surface area contributed by atoms with E-state index in [9.17, 15) is 4.79 Å². The molecule has 5 heteroatoms. The van der Waals surface area contributed by atoms with Crippen LogP contribution in [0.15, 0.2) is 28.7 Å². The summed E-state index contributed by atoms with van der Waals surface area (Å²) in [5, 5.41) is 9.04. The highest BCUT2D eigenvalue weighted by Gasteiger charge is 2.13. The molecule has 15 heavy (non-hydrogen) atoms. The van der Waals surface area contributed by atoms with E-state index in [-0.39, 0.29) is 13.2 Å². The van der Waals surface area contributed by atoms with E-state index in [1.807, 2.05) is 24.3 Å². The fourth-order valence-electron chi connectivity index (χ4n) is 0.928. The topological polar surface area (TPSA) is 72.5 Å². The number of aliphatic hydroxyl groups is 1. The lowest BCUT2D eigenvalue weighted by atomic mass is 10.2. The molecule has 0 aliphatic carbocycles. The first-order valence-electron chi connectivity index (χ1n) is 4.42. The van der Waals surface area contributed by atoms with E-state index < -0.39 is 12.1 Å². The number of carbonyl (C=O) groups excluding carboxylic acids is 1. The minimum atomic E-state index is -1.24. The Balaban J connectivity index is 2.43. The van der Waals surface area contributed by atoms with E-state index >= 15 is 0 Å². The first-order valence-corrected chi connectivity index (χ1v) is 5.22. The average Bonchev–Trinajstić information content (AvgIpc) is 2.26. The van der Waals surface area contributed by atoms with Crippen molar-refractivity contribution in [2.75, 3.05) is 6.54 Å². The van der Waals surface area contributed by atoms with Crippen molar-refractivity contribution in [3.05, 3.63) is 34.3 Å². The molecule has 3 N–H and O–H groups in total. The smallest absolute Gasteiger partial charge is 0.336 e. The lowest BCUT2D eigenvalue weighted by molar-refractivity contribution is -0.154. The standard InChI is InChI=1S/C10H12BrNO3/c11-8-3-1-7(2-4-8)6-15-10(14)9(13)5-12/h1-4,9,13H,5-6,12H2/t9-/m0/s1. The third kappa shape index (κ3) is 3.99. The number of nitrogens with two attached hydrogens (primary N) is 1. The van der Waals surface area contributed by atoms with Crippen LogP contribution in [0.1, 0.15) is 5.56 Å². The number of ether oxygens (including phenoxy) is 1. The van der Waals surface area contributed by atoms with Crippen molar-refractivity contribution < 1.29 is 14.6 Å². The number of benzene rings is 1. The SMILES string of the molecule is NC[C@H](O)C(=O)OCc1ccc(Br)cc1. The van der Waals surface area contributed by atoms with Gasteiger partial charge in [-0.3, -0.25) is 0 Å². The lowest BCUT2D eigenvalue weighted by Crippen LogP contribution is -2.30. The molecule has 1 aromatic rings. The summed E-state index contributed by atoms with van der Waals surface area (Å²) >= 11 is 3.30. The Kier molecular flexibility index (Phi) is 4.74. The summed E-state index contributed by atoms with van der Waals surface area (Å²) in [6, 6.07) is 7.35. The Bertz CT molecular complexity index is 326. The van der Waals surface area contributed by atoms with Crippen LogP contribution >= 0.6 is 15.9 Å². The third-order valence-electron chi connectivity index (χ3n) is 1.79. The third-order valence-corrected chi connectivity index (χ3v) is 2.32. The molecule has 82 valence electrons. The Morgan fingerprint density at radius 1 is 1.47 bits per heavy atom. The van der Waals surface area contributed by atoms with Crippen molar-refractivity contribution in [1.29, 1.82) is 0 Å². The van der Waals surface area contributed by atoms with E-state index in [0.29, 0.717) is 0 Å². The molecule has 0 spiro atoms. The number of carbonyl (C=O) groups is 1. The number of aliphatic hydroxyl groups excluding tert-OH is 1. The van der Waals surface area contributed by atoms with Gasteiger partial charge in [-0.05, 0) is 17.7 Å². The van der Waals surface area contributed by atoms with Gasteiger partial charge in [-0.15, -0.1) is 0 Å². The van der Waals surface area contributed by atoms with Gasteiger partial charge in [0.05, 0.1) is 0 Å². The van der Waals surface area contributed by atoms with Crippen LogP contribution in [0.5, 0.6) is 0 Å². The highest BCUT2D eigenvalue weighted by Crippen LogP contribution is 2.11. The largest absolute Gasteiger partial charge is 0.459 e. The van der Waals surface area contributed by atoms with E-state index in [0.717, 1.165) is 10.0 Å². The van der Waals surface area contributed by atoms with Crippen LogP contribution in [0.3, 0.4) is 0 Å². The van der Waals surface area contributed by atoms with Crippen LogP contribution in [0.4, 0.5) is 0 Å². The Labute approximate surface area is 96.2 Å². The van der Waals surface area contributed by atoms with Gasteiger partial charge in [0.2, 0.25) is 0 Å². The van der Waals surface area contributed by atoms with Crippen LogP contribution < -0.4 is 5.73 Å². The fourth-order valence-corrected chi connectivity index (χ4v) is 1.19. The monoisotopic (exact) mass is 273 g/mol. The molecular weight excluding hydrogens is 262 g/mol. The molecule has 0 saturated carbocycles. The molecule has 0 unspecified atom stereocenters. The van der Waals surface area contributed by atoms with Crippen molar-refractivity contribution in [1.82, 2.24) is 0 Å². The quantitative estimate of drug-likeness (QED) is 0.797. The minimum Gasteiger partial charge on any atom is -0.459 e. The van der Waals surface area contributed by atoms with Gasteiger partial charge in [0.15, 0.2) is 6.10 Å². The zero-order valence-corrected chi connectivity index (χ0v) is 9.61. The summed E-state index contributed by atoms with van der Waals surface area (Å²) in [6.45, 7) is 0.0162. The number of hydrogen-bond acceptors (Lipinski definition) is 4. The van der Waals surface area contributed by atoms with Crippen LogP contribution in [0.2, 0.25) is 0 Å². The predicted molar refractivity (Wildman–Crippen MR) is 59.0 cm³/mol. The van der Waals surface area contributed by atoms with Gasteiger partial charge < -0.3 is 15.6 Å². The maximum Gasteiger partial charge on any atom is 0.336 e. The lowest BCUT2D eigenvalue weighted by Gasteiger charge is -2.08. The van der Waals surface area contributed by atoms with Crippen molar-refractivity contribution in [2.45, 2.75) is 12.7 Å². The molecule has 0 aliphatic rings. The predicted octanol–water partition coefficient (Wildman–Crippen LogP) is 0.812. The number of hydrogen-bond donors (Lipinski definition) is 2. The molecule has 0 aromatic heterocycles. The molecule has 0 amide bonds. The molecule has 1 rings (SSSR count). The minimum absolute atomic E-state index is 0.126. The zero-order chi connectivity index (χ0) is 11.3. The maximum absolute atomic E-state index is 11.1. The van der Waals surface area contributed by atoms with Crippen molar-refractivity contribution in [3.8, 4) is 0 Å². The summed E-state index contributed by atoms with van der Waals surface area (Å²) < 4.78 is 5.79. The second-order valence-electron chi connectivity index (χ2n) is 2.99. The van der Waals surface area contributed by atoms with Gasteiger partial charge >= 0.3 is 5.97 Å². The second-order valence-corrected chi connectivity index (χ2v) is 3.90. The maximum atomic E-state index is 11.1. The molecule has 1 aromatic carbocycles. The molecule has 0 bridgehead atoms. The highest BCUT2D eigenvalue weighted by atomic mass is 79.9. The van der Waals surface area contributed by atoms with Gasteiger partial charge in [-0.25, -0.2) is 4.79 Å². The Hall–Kier alpha value is -0.910. The number of rotatable bonds is 4. The molecule has 4 nitrogen and oxygen atoms in total. The van der Waals surface area contributed by atoms with Crippen LogP contribution in [0, 0.1) is 0 Å². The molecule has 0 heterocycles. The first kappa shape index (κ1) is 12.2. The van der Waals surface area contributed by atoms with Crippen LogP contribution in [-0.2, 0) is 16.1 Å². The summed E-state index contributed by atoms with van der Waals surface area (Å²) in [4.78, 5) is 11.1. The molecule has 0 saturated heterocycles. The average molecular weight is 274 g/mol. The van der Waals surface area contributed by atoms with Gasteiger partial charge in [0, 0.05) is 11.0 Å². The second kappa shape index (κ2) is 5.85. The van der Waals surface area contributed by atoms with E-state index in [4.69, 9.17) is 15.6 Å². The summed E-state index contributed by atoms with van der Waals surface area (Å²) in [7, 11) is 0. The van der Waals surface area contributed by atoms with Crippen molar-refractivity contribution in [3.63, 3.8) is 0 Å². The van der Waals surface area contributed by atoms with E-state index in [1.54, 1.807) is 0 Å². The normalized spacial score (nSPS) is 12.2. The Morgan fingerprint density at radius 2 is 2.07 bits per heavy atom. The summed E-state index contributed by atoms with van der Waals surface area (Å²) in [5.74, 6) is -0.694. The molecule has 0 radical (unpaired) electrons. The Morgan fingerprint density at radius 3 is 2.60 bits per heavy atom. The highest BCUT2D eigenvalue weighted by molar-refractivity contribution is 9.10. The van der Waals surface area contributed by atoms with E-state index in [1.165, 1.54) is 0 Å². The number of halogens is 1. The van der Waals surface area contributed by atoms with Gasteiger partial charge in [-0.2, -0.15) is 0 Å². The first-order chi connectivity index (χ1) is 7.13. The van der Waals surface area contributed by atoms with Crippen molar-refractivity contribution in [2.24, 2.45) is 5.73 Å². The zero-order valence-electron chi connectivity index (χ0n) is 8.02. The molecule has 0 aliphatic heterocycles. The molecule has 1 atom stereocenters. The van der Waals surface area contributed by atoms with Gasteiger partial charge in [0.1, 0.15) is 6.61 Å². The van der Waals surface area contributed by atoms with Crippen LogP contribution in [0.25, 0.3) is 0 Å². The summed E-state index contributed by atoms with van der Waals surface area (Å²) in [6.07, 6.45) is -1.24. The van der Waals surface area contributed by atoms with E-state index in [2.05, 4.69) is 15.9 Å². The molecule has 0 fully saturated rings. The van der Waals surface area contributed by atoms with Crippen LogP contribution in [-0.4, -0.2) is 23.7 Å². The molecular formula is C10H12BrNO3. The van der Waals surface area contributed by atoms with Gasteiger partial charge in [-0.1, -0.05) is 28.1 Å². The fraction of sp³-hybridized carbons (Fsp3) is 0.300. The van der Waals surface area contributed by atoms with Crippen molar-refractivity contribution >= 4 is 21.9 Å². The van der Waals surface area contributed by atoms with Gasteiger partial charge in [0.25, 0.3) is 0 Å². The summed E-state index contributed by atoms with van der Waals surface area (Å²) in [5.41, 5.74) is 5.96. The number of esters is 1.